The Bertz CT molecular complexity index is 184. The summed E-state index contributed by atoms with van der Waals surface area (Å²) in [6.07, 6.45) is 1.52. The summed E-state index contributed by atoms with van der Waals surface area (Å²) in [5, 5.41) is 12.2. The van der Waals surface area contributed by atoms with Crippen LogP contribution in [-0.4, -0.2) is 22.2 Å². The number of hydrogen-bond donors (Lipinski definition) is 2. The Kier molecular flexibility index (Phi) is 3.91. The van der Waals surface area contributed by atoms with E-state index in [9.17, 15) is 4.79 Å². The van der Waals surface area contributed by atoms with Crippen molar-refractivity contribution in [3.63, 3.8) is 0 Å². The largest absolute Gasteiger partial charge is 0.480 e. The minimum Gasteiger partial charge on any atom is -0.480 e. The highest BCUT2D eigenvalue weighted by molar-refractivity contribution is 5.78. The summed E-state index contributed by atoms with van der Waals surface area (Å²) in [6.45, 7) is 9.66. The summed E-state index contributed by atoms with van der Waals surface area (Å²) >= 11 is 0. The van der Waals surface area contributed by atoms with E-state index in [2.05, 4.69) is 5.32 Å². The molecule has 13 heavy (non-hydrogen) atoms. The molecule has 0 rings (SSSR count). The second kappa shape index (κ2) is 4.09. The number of rotatable bonds is 4. The third kappa shape index (κ3) is 4.27. The Morgan fingerprint density at radius 2 is 1.77 bits per heavy atom. The van der Waals surface area contributed by atoms with Crippen molar-refractivity contribution in [1.82, 2.24) is 5.32 Å². The van der Waals surface area contributed by atoms with Crippen LogP contribution < -0.4 is 5.32 Å². The first-order chi connectivity index (χ1) is 5.71. The third-order valence-corrected chi connectivity index (χ3v) is 1.87. The smallest absolute Gasteiger partial charge is 0.323 e. The van der Waals surface area contributed by atoms with Crippen molar-refractivity contribution >= 4 is 5.97 Å². The van der Waals surface area contributed by atoms with E-state index < -0.39 is 11.5 Å². The van der Waals surface area contributed by atoms with Crippen molar-refractivity contribution in [3.05, 3.63) is 0 Å². The van der Waals surface area contributed by atoms with Crippen LogP contribution >= 0.6 is 0 Å². The Hall–Kier alpha value is -0.570. The van der Waals surface area contributed by atoms with Gasteiger partial charge in [-0.15, -0.1) is 0 Å². The van der Waals surface area contributed by atoms with Gasteiger partial charge in [0.25, 0.3) is 0 Å². The molecule has 0 bridgehead atoms. The zero-order valence-corrected chi connectivity index (χ0v) is 9.27. The molecule has 0 fully saturated rings. The number of hydrogen-bond acceptors (Lipinski definition) is 2. The molecule has 1 atom stereocenters. The molecule has 0 aliphatic heterocycles. The maximum Gasteiger partial charge on any atom is 0.323 e. The molecule has 2 N–H and O–H groups in total. The predicted octanol–water partition coefficient (Wildman–Crippen LogP) is 2.02. The Labute approximate surface area is 80.5 Å². The standard InChI is InChI=1S/C10H21NO2/c1-6-7-10(5,8(12)13)11-9(2,3)4/h11H,6-7H2,1-5H3,(H,12,13). The van der Waals surface area contributed by atoms with E-state index in [4.69, 9.17) is 5.11 Å². The second-order valence-electron chi connectivity index (χ2n) is 4.76. The fourth-order valence-electron chi connectivity index (χ4n) is 1.55. The fourth-order valence-corrected chi connectivity index (χ4v) is 1.55. The lowest BCUT2D eigenvalue weighted by molar-refractivity contribution is -0.145. The maximum absolute atomic E-state index is 11.0. The van der Waals surface area contributed by atoms with Gasteiger partial charge >= 0.3 is 5.97 Å². The van der Waals surface area contributed by atoms with Gasteiger partial charge in [-0.2, -0.15) is 0 Å². The summed E-state index contributed by atoms with van der Waals surface area (Å²) in [6, 6.07) is 0. The SMILES string of the molecule is CCCC(C)(NC(C)(C)C)C(=O)O. The van der Waals surface area contributed by atoms with Gasteiger partial charge in [0.2, 0.25) is 0 Å². The van der Waals surface area contributed by atoms with E-state index in [0.717, 1.165) is 6.42 Å². The summed E-state index contributed by atoms with van der Waals surface area (Å²) in [7, 11) is 0. The van der Waals surface area contributed by atoms with Crippen molar-refractivity contribution in [3.8, 4) is 0 Å². The van der Waals surface area contributed by atoms with Gasteiger partial charge in [-0.05, 0) is 34.1 Å². The Balaban J connectivity index is 4.51. The Morgan fingerprint density at radius 1 is 1.31 bits per heavy atom. The molecule has 0 aliphatic carbocycles. The molecule has 3 nitrogen and oxygen atoms in total. The molecule has 78 valence electrons. The molecular formula is C10H21NO2. The predicted molar refractivity (Wildman–Crippen MR) is 53.8 cm³/mol. The van der Waals surface area contributed by atoms with Gasteiger partial charge in [0.05, 0.1) is 0 Å². The van der Waals surface area contributed by atoms with Crippen molar-refractivity contribution in [1.29, 1.82) is 0 Å². The molecule has 0 saturated carbocycles. The van der Waals surface area contributed by atoms with E-state index in [1.807, 2.05) is 27.7 Å². The lowest BCUT2D eigenvalue weighted by Crippen LogP contribution is -2.56. The zero-order valence-electron chi connectivity index (χ0n) is 9.27. The molecule has 0 aromatic rings. The molecule has 0 radical (unpaired) electrons. The van der Waals surface area contributed by atoms with Crippen LogP contribution in [0.4, 0.5) is 0 Å². The minimum absolute atomic E-state index is 0.164. The number of carboxylic acids is 1. The molecule has 0 spiro atoms. The van der Waals surface area contributed by atoms with Gasteiger partial charge in [-0.1, -0.05) is 13.3 Å². The number of carbonyl (C=O) groups is 1. The normalized spacial score (nSPS) is 16.7. The molecule has 1 unspecified atom stereocenters. The van der Waals surface area contributed by atoms with Gasteiger partial charge in [-0.3, -0.25) is 10.1 Å². The minimum atomic E-state index is -0.799. The zero-order chi connectivity index (χ0) is 10.7. The van der Waals surface area contributed by atoms with Gasteiger partial charge in [0, 0.05) is 5.54 Å². The summed E-state index contributed by atoms with van der Waals surface area (Å²) in [5.74, 6) is -0.774. The first kappa shape index (κ1) is 12.4. The lowest BCUT2D eigenvalue weighted by atomic mass is 9.92. The average Bonchev–Trinajstić information content (AvgIpc) is 1.82. The van der Waals surface area contributed by atoms with Crippen molar-refractivity contribution in [2.75, 3.05) is 0 Å². The topological polar surface area (TPSA) is 49.3 Å². The summed E-state index contributed by atoms with van der Waals surface area (Å²) < 4.78 is 0. The third-order valence-electron chi connectivity index (χ3n) is 1.87. The van der Waals surface area contributed by atoms with E-state index in [-0.39, 0.29) is 5.54 Å². The molecule has 0 aliphatic rings. The van der Waals surface area contributed by atoms with Crippen LogP contribution in [0.1, 0.15) is 47.5 Å². The summed E-state index contributed by atoms with van der Waals surface area (Å²) in [4.78, 5) is 11.0. The average molecular weight is 187 g/mol. The highest BCUT2D eigenvalue weighted by atomic mass is 16.4. The Morgan fingerprint density at radius 3 is 2.00 bits per heavy atom. The van der Waals surface area contributed by atoms with Gasteiger partial charge in [-0.25, -0.2) is 0 Å². The fraction of sp³-hybridized carbons (Fsp3) is 0.900. The van der Waals surface area contributed by atoms with E-state index in [1.54, 1.807) is 6.92 Å². The molecule has 0 aromatic carbocycles. The van der Waals surface area contributed by atoms with E-state index >= 15 is 0 Å². The van der Waals surface area contributed by atoms with Crippen LogP contribution in [0.25, 0.3) is 0 Å². The molecule has 3 heteroatoms. The van der Waals surface area contributed by atoms with Gasteiger partial charge < -0.3 is 5.11 Å². The van der Waals surface area contributed by atoms with Crippen LogP contribution in [0.5, 0.6) is 0 Å². The molecule has 0 amide bonds. The van der Waals surface area contributed by atoms with Crippen LogP contribution in [0.2, 0.25) is 0 Å². The van der Waals surface area contributed by atoms with Crippen LogP contribution in [0, 0.1) is 0 Å². The van der Waals surface area contributed by atoms with E-state index in [0.29, 0.717) is 6.42 Å². The quantitative estimate of drug-likeness (QED) is 0.708. The highest BCUT2D eigenvalue weighted by Crippen LogP contribution is 2.17. The molecule has 0 aromatic heterocycles. The lowest BCUT2D eigenvalue weighted by Gasteiger charge is -2.34. The second-order valence-corrected chi connectivity index (χ2v) is 4.76. The van der Waals surface area contributed by atoms with Gasteiger partial charge in [0.1, 0.15) is 5.54 Å². The van der Waals surface area contributed by atoms with Gasteiger partial charge in [0.15, 0.2) is 0 Å². The van der Waals surface area contributed by atoms with Crippen LogP contribution in [0.3, 0.4) is 0 Å². The van der Waals surface area contributed by atoms with Crippen molar-refractivity contribution in [2.24, 2.45) is 0 Å². The van der Waals surface area contributed by atoms with Crippen molar-refractivity contribution < 1.29 is 9.90 Å². The highest BCUT2D eigenvalue weighted by Gasteiger charge is 2.35. The molecular weight excluding hydrogens is 166 g/mol. The monoisotopic (exact) mass is 187 g/mol. The summed E-state index contributed by atoms with van der Waals surface area (Å²) in [5.41, 5.74) is -0.963. The maximum atomic E-state index is 11.0. The van der Waals surface area contributed by atoms with E-state index in [1.165, 1.54) is 0 Å². The molecule has 0 saturated heterocycles. The number of nitrogens with one attached hydrogen (secondary N) is 1. The van der Waals surface area contributed by atoms with Crippen LogP contribution in [-0.2, 0) is 4.79 Å². The molecule has 0 heterocycles. The first-order valence-electron chi connectivity index (χ1n) is 4.74. The number of aliphatic carboxylic acids is 1. The number of carboxylic acid groups (broad SMARTS) is 1. The van der Waals surface area contributed by atoms with Crippen molar-refractivity contribution in [2.45, 2.75) is 58.5 Å². The van der Waals surface area contributed by atoms with Crippen LogP contribution in [0.15, 0.2) is 0 Å². The first-order valence-corrected chi connectivity index (χ1v) is 4.74.